The van der Waals surface area contributed by atoms with Gasteiger partial charge in [-0.05, 0) is 62.0 Å². The third-order valence-electron chi connectivity index (χ3n) is 5.59. The summed E-state index contributed by atoms with van der Waals surface area (Å²) in [6.07, 6.45) is 9.33. The van der Waals surface area contributed by atoms with Gasteiger partial charge in [0.15, 0.2) is 0 Å². The highest BCUT2D eigenvalue weighted by molar-refractivity contribution is 5.30. The summed E-state index contributed by atoms with van der Waals surface area (Å²) < 4.78 is 0. The molecular weight excluding hydrogens is 232 g/mol. The van der Waals surface area contributed by atoms with Gasteiger partial charge in [-0.2, -0.15) is 0 Å². The van der Waals surface area contributed by atoms with Gasteiger partial charge in [0, 0.05) is 23.3 Å². The van der Waals surface area contributed by atoms with E-state index in [0.717, 1.165) is 12.3 Å². The maximum Gasteiger partial charge on any atom is 0.0484 e. The van der Waals surface area contributed by atoms with E-state index >= 15 is 0 Å². The van der Waals surface area contributed by atoms with E-state index in [-0.39, 0.29) is 5.54 Å². The van der Waals surface area contributed by atoms with E-state index in [1.807, 2.05) is 6.20 Å². The van der Waals surface area contributed by atoms with Crippen molar-refractivity contribution in [3.05, 3.63) is 29.6 Å². The molecule has 0 amide bonds. The topological polar surface area (TPSA) is 38.9 Å². The Labute approximate surface area is 116 Å². The number of nitrogens with zero attached hydrogens (tertiary/aromatic N) is 1. The Balaban J connectivity index is 1.94. The van der Waals surface area contributed by atoms with E-state index < -0.39 is 0 Å². The molecule has 1 heterocycles. The predicted octanol–water partition coefficient (Wildman–Crippen LogP) is 3.66. The molecule has 19 heavy (non-hydrogen) atoms. The van der Waals surface area contributed by atoms with Gasteiger partial charge in [-0.3, -0.25) is 4.98 Å². The molecule has 0 aliphatic heterocycles. The number of nitrogens with two attached hydrogens (primary N) is 1. The monoisotopic (exact) mass is 258 g/mol. The minimum Gasteiger partial charge on any atom is -0.324 e. The highest BCUT2D eigenvalue weighted by Gasteiger charge is 2.45. The standard InChI is InChI=1S/C17H26N2/c1-12-8-9-17(18,13(2)11-12)15-7-3-5-14-6-4-10-19-16(14)15/h4,6,10,12-13,15H,3,5,7-9,11,18H2,1-2H3. The van der Waals surface area contributed by atoms with E-state index in [9.17, 15) is 0 Å². The van der Waals surface area contributed by atoms with E-state index in [0.29, 0.717) is 11.8 Å². The first kappa shape index (κ1) is 13.1. The summed E-state index contributed by atoms with van der Waals surface area (Å²) in [4.78, 5) is 4.69. The summed E-state index contributed by atoms with van der Waals surface area (Å²) in [5.41, 5.74) is 9.63. The van der Waals surface area contributed by atoms with Crippen LogP contribution in [0.2, 0.25) is 0 Å². The molecule has 0 aromatic carbocycles. The molecule has 1 fully saturated rings. The second-order valence-electron chi connectivity index (χ2n) is 6.89. The molecule has 0 spiro atoms. The van der Waals surface area contributed by atoms with E-state index in [2.05, 4.69) is 26.0 Å². The molecule has 1 saturated carbocycles. The average Bonchev–Trinajstić information content (AvgIpc) is 2.43. The Hall–Kier alpha value is -0.890. The van der Waals surface area contributed by atoms with Crippen molar-refractivity contribution in [2.75, 3.05) is 0 Å². The van der Waals surface area contributed by atoms with Gasteiger partial charge < -0.3 is 5.73 Å². The summed E-state index contributed by atoms with van der Waals surface area (Å²) in [5.74, 6) is 1.91. The van der Waals surface area contributed by atoms with E-state index in [1.54, 1.807) is 0 Å². The van der Waals surface area contributed by atoms with Crippen LogP contribution < -0.4 is 5.73 Å². The quantitative estimate of drug-likeness (QED) is 0.835. The molecular formula is C17H26N2. The van der Waals surface area contributed by atoms with Crippen molar-refractivity contribution in [3.63, 3.8) is 0 Å². The highest BCUT2D eigenvalue weighted by Crippen LogP contribution is 2.47. The van der Waals surface area contributed by atoms with Crippen LogP contribution in [0, 0.1) is 11.8 Å². The van der Waals surface area contributed by atoms with Gasteiger partial charge in [0.1, 0.15) is 0 Å². The van der Waals surface area contributed by atoms with Gasteiger partial charge in [0.2, 0.25) is 0 Å². The van der Waals surface area contributed by atoms with Crippen LogP contribution in [0.15, 0.2) is 18.3 Å². The molecule has 1 aromatic heterocycles. The van der Waals surface area contributed by atoms with Gasteiger partial charge in [-0.25, -0.2) is 0 Å². The Bertz CT molecular complexity index is 456. The maximum atomic E-state index is 6.91. The zero-order valence-electron chi connectivity index (χ0n) is 12.2. The highest BCUT2D eigenvalue weighted by atomic mass is 14.8. The van der Waals surface area contributed by atoms with Gasteiger partial charge in [0.25, 0.3) is 0 Å². The van der Waals surface area contributed by atoms with Crippen LogP contribution in [0.3, 0.4) is 0 Å². The Morgan fingerprint density at radius 1 is 1.32 bits per heavy atom. The predicted molar refractivity (Wildman–Crippen MR) is 79.0 cm³/mol. The lowest BCUT2D eigenvalue weighted by molar-refractivity contribution is 0.124. The molecule has 0 radical (unpaired) electrons. The maximum absolute atomic E-state index is 6.91. The van der Waals surface area contributed by atoms with E-state index in [1.165, 1.54) is 43.4 Å². The molecule has 2 aliphatic carbocycles. The zero-order valence-corrected chi connectivity index (χ0v) is 12.2. The van der Waals surface area contributed by atoms with Crippen molar-refractivity contribution >= 4 is 0 Å². The van der Waals surface area contributed by atoms with Crippen LogP contribution in [-0.4, -0.2) is 10.5 Å². The van der Waals surface area contributed by atoms with Crippen LogP contribution in [0.1, 0.15) is 63.1 Å². The number of rotatable bonds is 1. The first-order valence-corrected chi connectivity index (χ1v) is 7.84. The SMILES string of the molecule is CC1CCC(N)(C2CCCc3cccnc32)C(C)C1. The molecule has 104 valence electrons. The third-order valence-corrected chi connectivity index (χ3v) is 5.59. The molecule has 2 N–H and O–H groups in total. The molecule has 3 rings (SSSR count). The number of hydrogen-bond acceptors (Lipinski definition) is 2. The second kappa shape index (κ2) is 4.90. The van der Waals surface area contributed by atoms with E-state index in [4.69, 9.17) is 10.7 Å². The largest absolute Gasteiger partial charge is 0.324 e. The van der Waals surface area contributed by atoms with Crippen molar-refractivity contribution in [2.24, 2.45) is 17.6 Å². The first-order valence-electron chi connectivity index (χ1n) is 7.84. The summed E-state index contributed by atoms with van der Waals surface area (Å²) in [7, 11) is 0. The lowest BCUT2D eigenvalue weighted by Crippen LogP contribution is -2.54. The summed E-state index contributed by atoms with van der Waals surface area (Å²) >= 11 is 0. The van der Waals surface area contributed by atoms with Gasteiger partial charge >= 0.3 is 0 Å². The van der Waals surface area contributed by atoms with Crippen LogP contribution in [0.5, 0.6) is 0 Å². The molecule has 0 bridgehead atoms. The number of fused-ring (bicyclic) bond motifs is 1. The molecule has 1 aromatic rings. The molecule has 2 nitrogen and oxygen atoms in total. The van der Waals surface area contributed by atoms with Crippen molar-refractivity contribution in [1.82, 2.24) is 4.98 Å². The minimum atomic E-state index is -0.0317. The van der Waals surface area contributed by atoms with Crippen LogP contribution in [-0.2, 0) is 6.42 Å². The van der Waals surface area contributed by atoms with Crippen LogP contribution in [0.4, 0.5) is 0 Å². The minimum absolute atomic E-state index is 0.0317. The Kier molecular flexibility index (Phi) is 3.38. The van der Waals surface area contributed by atoms with Crippen LogP contribution >= 0.6 is 0 Å². The molecule has 2 heteroatoms. The fraction of sp³-hybridized carbons (Fsp3) is 0.706. The molecule has 0 saturated heterocycles. The first-order chi connectivity index (χ1) is 9.11. The second-order valence-corrected chi connectivity index (χ2v) is 6.89. The summed E-state index contributed by atoms with van der Waals surface area (Å²) in [6, 6.07) is 4.31. The van der Waals surface area contributed by atoms with Crippen molar-refractivity contribution < 1.29 is 0 Å². The fourth-order valence-electron chi connectivity index (χ4n) is 4.33. The molecule has 4 atom stereocenters. The Morgan fingerprint density at radius 2 is 2.16 bits per heavy atom. The normalized spacial score (nSPS) is 38.8. The lowest BCUT2D eigenvalue weighted by atomic mass is 9.61. The third kappa shape index (κ3) is 2.20. The van der Waals surface area contributed by atoms with Crippen molar-refractivity contribution in [1.29, 1.82) is 0 Å². The van der Waals surface area contributed by atoms with Crippen molar-refractivity contribution in [2.45, 2.75) is 63.8 Å². The number of hydrogen-bond donors (Lipinski definition) is 1. The number of aromatic nitrogens is 1. The lowest BCUT2D eigenvalue weighted by Gasteiger charge is -2.48. The molecule has 2 aliphatic rings. The summed E-state index contributed by atoms with van der Waals surface area (Å²) in [6.45, 7) is 4.72. The number of aryl methyl sites for hydroxylation is 1. The van der Waals surface area contributed by atoms with Crippen LogP contribution in [0.25, 0.3) is 0 Å². The van der Waals surface area contributed by atoms with Gasteiger partial charge in [0.05, 0.1) is 0 Å². The summed E-state index contributed by atoms with van der Waals surface area (Å²) in [5, 5.41) is 0. The average molecular weight is 258 g/mol. The fourth-order valence-corrected chi connectivity index (χ4v) is 4.33. The zero-order chi connectivity index (χ0) is 13.5. The molecule has 4 unspecified atom stereocenters. The van der Waals surface area contributed by atoms with Gasteiger partial charge in [-0.15, -0.1) is 0 Å². The van der Waals surface area contributed by atoms with Crippen molar-refractivity contribution in [3.8, 4) is 0 Å². The number of pyridine rings is 1. The smallest absolute Gasteiger partial charge is 0.0484 e. The van der Waals surface area contributed by atoms with Gasteiger partial charge in [-0.1, -0.05) is 19.9 Å². The Morgan fingerprint density at radius 3 is 2.95 bits per heavy atom.